The van der Waals surface area contributed by atoms with Gasteiger partial charge in [0, 0.05) is 19.1 Å². The molecule has 3 saturated heterocycles. The van der Waals surface area contributed by atoms with Crippen LogP contribution in [0.3, 0.4) is 0 Å². The first-order valence-electron chi connectivity index (χ1n) is 9.91. The van der Waals surface area contributed by atoms with Crippen molar-refractivity contribution < 1.29 is 27.6 Å². The van der Waals surface area contributed by atoms with Gasteiger partial charge in [-0.1, -0.05) is 0 Å². The number of fused-ring (bicyclic) bond motifs is 2. The molecule has 2 bridgehead atoms. The van der Waals surface area contributed by atoms with E-state index < -0.39 is 26.5 Å². The lowest BCUT2D eigenvalue weighted by Crippen LogP contribution is -2.48. The summed E-state index contributed by atoms with van der Waals surface area (Å²) >= 11 is 0. The summed E-state index contributed by atoms with van der Waals surface area (Å²) < 4.78 is 23.3. The Morgan fingerprint density at radius 3 is 2.44 bits per heavy atom. The highest BCUT2D eigenvalue weighted by molar-refractivity contribution is 6.62. The summed E-state index contributed by atoms with van der Waals surface area (Å²) in [7, 11) is -2.56. The van der Waals surface area contributed by atoms with Gasteiger partial charge in [0.1, 0.15) is 11.6 Å². The van der Waals surface area contributed by atoms with Crippen LogP contribution in [0.25, 0.3) is 0 Å². The van der Waals surface area contributed by atoms with Crippen LogP contribution in [-0.2, 0) is 22.8 Å². The SMILES string of the molecule is CC1O[Si]2(CCCNC(=O)[C@@H]3CCCN3C(=O)OC(C)(C)C)OC(C)C1O2. The fourth-order valence-electron chi connectivity index (χ4n) is 3.95. The first-order chi connectivity index (χ1) is 12.6. The number of likely N-dealkylation sites (tertiary alicyclic amines) is 1. The minimum absolute atomic E-state index is 0.0344. The van der Waals surface area contributed by atoms with Crippen LogP contribution in [0.4, 0.5) is 4.79 Å². The lowest BCUT2D eigenvalue weighted by Gasteiger charge is -2.28. The van der Waals surface area contributed by atoms with Gasteiger partial charge >= 0.3 is 14.9 Å². The molecule has 1 N–H and O–H groups in total. The molecule has 8 nitrogen and oxygen atoms in total. The van der Waals surface area contributed by atoms with Crippen molar-refractivity contribution in [3.05, 3.63) is 0 Å². The van der Waals surface area contributed by atoms with Crippen LogP contribution >= 0.6 is 0 Å². The van der Waals surface area contributed by atoms with Crippen LogP contribution in [0, 0.1) is 0 Å². The molecule has 3 atom stereocenters. The molecule has 27 heavy (non-hydrogen) atoms. The Morgan fingerprint density at radius 1 is 1.19 bits per heavy atom. The van der Waals surface area contributed by atoms with Gasteiger partial charge in [0.05, 0.1) is 18.3 Å². The second kappa shape index (κ2) is 7.69. The molecule has 3 aliphatic rings. The standard InChI is InChI=1S/C18H32N2O6Si/c1-12-15-13(2)25-27(24-12,26-15)11-7-9-19-16(21)14-8-6-10-20(14)17(22)23-18(3,4)5/h12-15H,6-11H2,1-5H3,(H,19,21)/t12?,13?,14-,15?,27?/m0/s1. The summed E-state index contributed by atoms with van der Waals surface area (Å²) in [4.78, 5) is 26.4. The quantitative estimate of drug-likeness (QED) is 0.561. The minimum atomic E-state index is -2.56. The largest absolute Gasteiger partial charge is 0.502 e. The van der Waals surface area contributed by atoms with Gasteiger partial charge in [0.2, 0.25) is 5.91 Å². The van der Waals surface area contributed by atoms with Crippen molar-refractivity contribution in [3.63, 3.8) is 0 Å². The van der Waals surface area contributed by atoms with Gasteiger partial charge in [0.15, 0.2) is 0 Å². The lowest BCUT2D eigenvalue weighted by atomic mass is 10.1. The molecule has 3 fully saturated rings. The molecule has 154 valence electrons. The van der Waals surface area contributed by atoms with E-state index in [2.05, 4.69) is 5.32 Å². The van der Waals surface area contributed by atoms with Gasteiger partial charge < -0.3 is 23.3 Å². The number of amides is 2. The fraction of sp³-hybridized carbons (Fsp3) is 0.889. The minimum Gasteiger partial charge on any atom is -0.444 e. The van der Waals surface area contributed by atoms with Crippen LogP contribution in [0.1, 0.15) is 53.9 Å². The highest BCUT2D eigenvalue weighted by Crippen LogP contribution is 2.40. The molecule has 2 unspecified atom stereocenters. The Bertz CT molecular complexity index is 569. The van der Waals surface area contributed by atoms with Crippen LogP contribution in [0.15, 0.2) is 0 Å². The third-order valence-corrected chi connectivity index (χ3v) is 8.17. The molecule has 3 heterocycles. The van der Waals surface area contributed by atoms with Crippen LogP contribution < -0.4 is 5.32 Å². The van der Waals surface area contributed by atoms with E-state index in [1.807, 2.05) is 34.6 Å². The van der Waals surface area contributed by atoms with Gasteiger partial charge in [-0.15, -0.1) is 0 Å². The molecular weight excluding hydrogens is 368 g/mol. The third kappa shape index (κ3) is 4.64. The summed E-state index contributed by atoms with van der Waals surface area (Å²) in [6, 6.07) is 0.236. The summed E-state index contributed by atoms with van der Waals surface area (Å²) in [5.41, 5.74) is -0.570. The predicted molar refractivity (Wildman–Crippen MR) is 100 cm³/mol. The number of hydrogen-bond acceptors (Lipinski definition) is 6. The topological polar surface area (TPSA) is 86.3 Å². The van der Waals surface area contributed by atoms with E-state index in [0.29, 0.717) is 25.6 Å². The van der Waals surface area contributed by atoms with Crippen molar-refractivity contribution >= 4 is 20.8 Å². The molecule has 0 aromatic carbocycles. The van der Waals surface area contributed by atoms with Gasteiger partial charge in [-0.2, -0.15) is 0 Å². The molecule has 0 aromatic heterocycles. The van der Waals surface area contributed by atoms with Gasteiger partial charge in [-0.25, -0.2) is 4.79 Å². The molecule has 0 aliphatic carbocycles. The highest BCUT2D eigenvalue weighted by Gasteiger charge is 2.60. The van der Waals surface area contributed by atoms with Crippen molar-refractivity contribution in [2.45, 2.75) is 89.9 Å². The first kappa shape index (κ1) is 20.6. The van der Waals surface area contributed by atoms with E-state index in [-0.39, 0.29) is 24.2 Å². The number of rotatable bonds is 5. The highest BCUT2D eigenvalue weighted by atomic mass is 28.4. The molecule has 9 heteroatoms. The molecular formula is C18H32N2O6Si. The molecule has 2 amide bonds. The summed E-state index contributed by atoms with van der Waals surface area (Å²) in [5.74, 6) is -0.127. The van der Waals surface area contributed by atoms with Crippen molar-refractivity contribution in [3.8, 4) is 0 Å². The van der Waals surface area contributed by atoms with Gasteiger partial charge in [0.25, 0.3) is 0 Å². The fourth-order valence-corrected chi connectivity index (χ4v) is 7.28. The average Bonchev–Trinajstić information content (AvgIpc) is 3.22. The molecule has 0 radical (unpaired) electrons. The Hall–Kier alpha value is -1.16. The second-order valence-electron chi connectivity index (χ2n) is 8.64. The first-order valence-corrected chi connectivity index (χ1v) is 11.8. The van der Waals surface area contributed by atoms with Crippen molar-refractivity contribution in [1.82, 2.24) is 10.2 Å². The Kier molecular flexibility index (Phi) is 5.86. The number of ether oxygens (including phenoxy) is 1. The zero-order chi connectivity index (χ0) is 19.8. The Morgan fingerprint density at radius 2 is 1.85 bits per heavy atom. The average molecular weight is 401 g/mol. The van der Waals surface area contributed by atoms with E-state index >= 15 is 0 Å². The third-order valence-electron chi connectivity index (χ3n) is 5.11. The Balaban J connectivity index is 1.43. The van der Waals surface area contributed by atoms with E-state index in [1.54, 1.807) is 0 Å². The number of carbonyl (C=O) groups excluding carboxylic acids is 2. The number of nitrogens with zero attached hydrogens (tertiary/aromatic N) is 1. The molecule has 3 aliphatic heterocycles. The number of carbonyl (C=O) groups is 2. The predicted octanol–water partition coefficient (Wildman–Crippen LogP) is 2.05. The van der Waals surface area contributed by atoms with E-state index in [1.165, 1.54) is 4.90 Å². The van der Waals surface area contributed by atoms with Crippen molar-refractivity contribution in [2.24, 2.45) is 0 Å². The summed E-state index contributed by atoms with van der Waals surface area (Å²) in [6.45, 7) is 10.6. The maximum absolute atomic E-state index is 12.5. The number of hydrogen-bond donors (Lipinski definition) is 1. The van der Waals surface area contributed by atoms with Gasteiger partial charge in [-0.3, -0.25) is 9.69 Å². The zero-order valence-electron chi connectivity index (χ0n) is 16.9. The van der Waals surface area contributed by atoms with Crippen molar-refractivity contribution in [2.75, 3.05) is 13.1 Å². The molecule has 3 rings (SSSR count). The van der Waals surface area contributed by atoms with Crippen LogP contribution in [0.2, 0.25) is 6.04 Å². The molecule has 0 saturated carbocycles. The van der Waals surface area contributed by atoms with Crippen LogP contribution in [0.5, 0.6) is 0 Å². The lowest BCUT2D eigenvalue weighted by molar-refractivity contribution is -0.125. The summed E-state index contributed by atoms with van der Waals surface area (Å²) in [6.07, 6.45) is 1.96. The van der Waals surface area contributed by atoms with E-state index in [9.17, 15) is 9.59 Å². The van der Waals surface area contributed by atoms with Gasteiger partial charge in [-0.05, 0) is 53.9 Å². The molecule has 0 aromatic rings. The Labute approximate surface area is 162 Å². The van der Waals surface area contributed by atoms with E-state index in [4.69, 9.17) is 18.0 Å². The van der Waals surface area contributed by atoms with Crippen LogP contribution in [-0.4, -0.2) is 68.7 Å². The number of nitrogens with one attached hydrogen (secondary N) is 1. The normalized spacial score (nSPS) is 35.5. The smallest absolute Gasteiger partial charge is 0.444 e. The summed E-state index contributed by atoms with van der Waals surface area (Å²) in [5, 5.41) is 2.94. The molecule has 0 spiro atoms. The maximum Gasteiger partial charge on any atom is 0.502 e. The second-order valence-corrected chi connectivity index (χ2v) is 11.2. The van der Waals surface area contributed by atoms with E-state index in [0.717, 1.165) is 12.8 Å². The monoisotopic (exact) mass is 400 g/mol. The zero-order valence-corrected chi connectivity index (χ0v) is 17.9. The van der Waals surface area contributed by atoms with Crippen molar-refractivity contribution in [1.29, 1.82) is 0 Å². The maximum atomic E-state index is 12.5.